The van der Waals surface area contributed by atoms with Crippen molar-refractivity contribution in [1.29, 1.82) is 0 Å². The van der Waals surface area contributed by atoms with Crippen molar-refractivity contribution in [2.24, 2.45) is 0 Å². The van der Waals surface area contributed by atoms with E-state index < -0.39 is 0 Å². The highest BCUT2D eigenvalue weighted by Crippen LogP contribution is 2.22. The number of rotatable bonds is 4. The molecule has 0 radical (unpaired) electrons. The van der Waals surface area contributed by atoms with E-state index in [1.54, 1.807) is 23.5 Å². The lowest BCUT2D eigenvalue weighted by Gasteiger charge is -2.19. The van der Waals surface area contributed by atoms with E-state index in [9.17, 15) is 9.18 Å². The summed E-state index contributed by atoms with van der Waals surface area (Å²) in [7, 11) is 1.83. The molecule has 2 rings (SSSR count). The van der Waals surface area contributed by atoms with Crippen LogP contribution >= 0.6 is 11.3 Å². The second-order valence-corrected chi connectivity index (χ2v) is 4.80. The van der Waals surface area contributed by atoms with Gasteiger partial charge in [-0.3, -0.25) is 4.79 Å². The number of halogens is 1. The first-order valence-corrected chi connectivity index (χ1v) is 6.07. The van der Waals surface area contributed by atoms with E-state index in [2.05, 4.69) is 0 Å². The number of hydrogen-bond donors (Lipinski definition) is 0. The van der Waals surface area contributed by atoms with Crippen molar-refractivity contribution in [3.8, 4) is 0 Å². The number of anilines is 1. The van der Waals surface area contributed by atoms with Crippen LogP contribution in [0.1, 0.15) is 15.2 Å². The maximum Gasteiger partial charge on any atom is 0.150 e. The van der Waals surface area contributed by atoms with Crippen molar-refractivity contribution >= 4 is 23.3 Å². The molecule has 1 heterocycles. The molecule has 1 aromatic carbocycles. The normalized spacial score (nSPS) is 10.2. The Balaban J connectivity index is 2.19. The van der Waals surface area contributed by atoms with Crippen molar-refractivity contribution in [2.75, 3.05) is 11.9 Å². The SMILES string of the molecule is CN(Cc1cccs1)c1ccc(C=O)cc1F. The van der Waals surface area contributed by atoms with Crippen LogP contribution in [0.5, 0.6) is 0 Å². The maximum atomic E-state index is 13.7. The topological polar surface area (TPSA) is 20.3 Å². The van der Waals surface area contributed by atoms with E-state index >= 15 is 0 Å². The highest BCUT2D eigenvalue weighted by atomic mass is 32.1. The Morgan fingerprint density at radius 2 is 2.24 bits per heavy atom. The van der Waals surface area contributed by atoms with Gasteiger partial charge in [-0.05, 0) is 29.6 Å². The van der Waals surface area contributed by atoms with Crippen molar-refractivity contribution < 1.29 is 9.18 Å². The summed E-state index contributed by atoms with van der Waals surface area (Å²) in [5.41, 5.74) is 0.861. The maximum absolute atomic E-state index is 13.7. The molecule has 2 aromatic rings. The Kier molecular flexibility index (Phi) is 3.54. The fraction of sp³-hybridized carbons (Fsp3) is 0.154. The van der Waals surface area contributed by atoms with Gasteiger partial charge in [0.15, 0.2) is 0 Å². The molecule has 0 unspecified atom stereocenters. The average molecular weight is 249 g/mol. The molecule has 4 heteroatoms. The molecule has 0 aliphatic carbocycles. The summed E-state index contributed by atoms with van der Waals surface area (Å²) in [6, 6.07) is 8.49. The van der Waals surface area contributed by atoms with Crippen molar-refractivity contribution in [3.63, 3.8) is 0 Å². The van der Waals surface area contributed by atoms with Gasteiger partial charge in [0.05, 0.1) is 12.2 Å². The third-order valence-corrected chi connectivity index (χ3v) is 3.35. The van der Waals surface area contributed by atoms with E-state index in [4.69, 9.17) is 0 Å². The van der Waals surface area contributed by atoms with Crippen LogP contribution in [0.2, 0.25) is 0 Å². The van der Waals surface area contributed by atoms with E-state index in [0.29, 0.717) is 24.1 Å². The lowest BCUT2D eigenvalue weighted by molar-refractivity contribution is 0.112. The number of nitrogens with zero attached hydrogens (tertiary/aromatic N) is 1. The van der Waals surface area contributed by atoms with Crippen molar-refractivity contribution in [2.45, 2.75) is 6.54 Å². The van der Waals surface area contributed by atoms with Crippen molar-refractivity contribution in [1.82, 2.24) is 0 Å². The minimum absolute atomic E-state index is 0.357. The molecule has 2 nitrogen and oxygen atoms in total. The van der Waals surface area contributed by atoms with Gasteiger partial charge >= 0.3 is 0 Å². The van der Waals surface area contributed by atoms with Crippen LogP contribution in [-0.2, 0) is 6.54 Å². The van der Waals surface area contributed by atoms with Gasteiger partial charge in [-0.1, -0.05) is 6.07 Å². The van der Waals surface area contributed by atoms with E-state index in [-0.39, 0.29) is 5.82 Å². The van der Waals surface area contributed by atoms with E-state index in [1.807, 2.05) is 29.5 Å². The second-order valence-electron chi connectivity index (χ2n) is 3.76. The average Bonchev–Trinajstić information content (AvgIpc) is 2.81. The standard InChI is InChI=1S/C13H12FNOS/c1-15(8-11-3-2-6-17-11)13-5-4-10(9-16)7-12(13)14/h2-7,9H,8H2,1H3. The molecule has 1 aromatic heterocycles. The minimum atomic E-state index is -0.367. The van der Waals surface area contributed by atoms with Gasteiger partial charge in [-0.15, -0.1) is 11.3 Å². The number of thiophene rings is 1. The van der Waals surface area contributed by atoms with Crippen LogP contribution in [0.3, 0.4) is 0 Å². The van der Waals surface area contributed by atoms with Crippen LogP contribution in [0.15, 0.2) is 35.7 Å². The first kappa shape index (κ1) is 11.8. The first-order valence-electron chi connectivity index (χ1n) is 5.19. The van der Waals surface area contributed by atoms with Gasteiger partial charge in [0.25, 0.3) is 0 Å². The molecule has 0 saturated heterocycles. The van der Waals surface area contributed by atoms with Gasteiger partial charge in [0.2, 0.25) is 0 Å². The fourth-order valence-electron chi connectivity index (χ4n) is 1.63. The highest BCUT2D eigenvalue weighted by molar-refractivity contribution is 7.09. The largest absolute Gasteiger partial charge is 0.367 e. The summed E-state index contributed by atoms with van der Waals surface area (Å²) in [6.45, 7) is 0.662. The number of aldehydes is 1. The first-order chi connectivity index (χ1) is 8.20. The molecule has 0 atom stereocenters. The van der Waals surface area contributed by atoms with Gasteiger partial charge < -0.3 is 4.90 Å². The quantitative estimate of drug-likeness (QED) is 0.775. The number of carbonyl (C=O) groups excluding carboxylic acids is 1. The lowest BCUT2D eigenvalue weighted by Crippen LogP contribution is -2.17. The number of carbonyl (C=O) groups is 1. The molecule has 0 spiro atoms. The zero-order chi connectivity index (χ0) is 12.3. The molecule has 0 aliphatic rings. The Morgan fingerprint density at radius 3 is 2.82 bits per heavy atom. The smallest absolute Gasteiger partial charge is 0.150 e. The van der Waals surface area contributed by atoms with Crippen LogP contribution < -0.4 is 4.90 Å². The molecule has 0 saturated carbocycles. The Morgan fingerprint density at radius 1 is 1.41 bits per heavy atom. The molecule has 0 N–H and O–H groups in total. The van der Waals surface area contributed by atoms with Crippen LogP contribution in [-0.4, -0.2) is 13.3 Å². The zero-order valence-corrected chi connectivity index (χ0v) is 10.2. The van der Waals surface area contributed by atoms with Crippen molar-refractivity contribution in [3.05, 3.63) is 52.0 Å². The summed E-state index contributed by atoms with van der Waals surface area (Å²) in [4.78, 5) is 13.5. The molecule has 88 valence electrons. The van der Waals surface area contributed by atoms with Gasteiger partial charge in [-0.25, -0.2) is 4.39 Å². The fourth-order valence-corrected chi connectivity index (χ4v) is 2.38. The third-order valence-electron chi connectivity index (χ3n) is 2.49. The van der Waals surface area contributed by atoms with Gasteiger partial charge in [0, 0.05) is 17.5 Å². The van der Waals surface area contributed by atoms with Crippen LogP contribution in [0, 0.1) is 5.82 Å². The number of hydrogen-bond acceptors (Lipinski definition) is 3. The third kappa shape index (κ3) is 2.71. The molecule has 17 heavy (non-hydrogen) atoms. The van der Waals surface area contributed by atoms with E-state index in [1.165, 1.54) is 10.9 Å². The molecular formula is C13H12FNOS. The summed E-state index contributed by atoms with van der Waals surface area (Å²) >= 11 is 1.64. The highest BCUT2D eigenvalue weighted by Gasteiger charge is 2.09. The Bertz CT molecular complexity index is 510. The Labute approximate surface area is 103 Å². The molecule has 0 fully saturated rings. The monoisotopic (exact) mass is 249 g/mol. The molecule has 0 bridgehead atoms. The molecule has 0 aliphatic heterocycles. The Hall–Kier alpha value is -1.68. The van der Waals surface area contributed by atoms with Crippen LogP contribution in [0.4, 0.5) is 10.1 Å². The summed E-state index contributed by atoms with van der Waals surface area (Å²) in [6.07, 6.45) is 0.645. The number of benzene rings is 1. The minimum Gasteiger partial charge on any atom is -0.367 e. The van der Waals surface area contributed by atoms with E-state index in [0.717, 1.165) is 0 Å². The lowest BCUT2D eigenvalue weighted by atomic mass is 10.2. The second kappa shape index (κ2) is 5.10. The predicted octanol–water partition coefficient (Wildman–Crippen LogP) is 3.34. The predicted molar refractivity (Wildman–Crippen MR) is 68.2 cm³/mol. The summed E-state index contributed by atoms with van der Waals surface area (Å²) < 4.78 is 13.7. The van der Waals surface area contributed by atoms with Gasteiger partial charge in [0.1, 0.15) is 12.1 Å². The van der Waals surface area contributed by atoms with Crippen LogP contribution in [0.25, 0.3) is 0 Å². The summed E-state index contributed by atoms with van der Waals surface area (Å²) in [5.74, 6) is -0.367. The summed E-state index contributed by atoms with van der Waals surface area (Å²) in [5, 5.41) is 2.00. The van der Waals surface area contributed by atoms with Gasteiger partial charge in [-0.2, -0.15) is 0 Å². The molecular weight excluding hydrogens is 237 g/mol. The molecule has 0 amide bonds. The zero-order valence-electron chi connectivity index (χ0n) is 9.39.